The molecule has 0 radical (unpaired) electrons. The van der Waals surface area contributed by atoms with Crippen LogP contribution < -0.4 is 16.0 Å². The number of rotatable bonds is 6. The Morgan fingerprint density at radius 3 is 2.58 bits per heavy atom. The van der Waals surface area contributed by atoms with E-state index in [1.165, 1.54) is 11.9 Å². The summed E-state index contributed by atoms with van der Waals surface area (Å²) in [6.07, 6.45) is 0. The molecule has 7 heteroatoms. The number of halogens is 2. The van der Waals surface area contributed by atoms with Gasteiger partial charge in [-0.1, -0.05) is 13.8 Å². The number of carbonyl (C=O) groups excluding carboxylic acids is 1. The van der Waals surface area contributed by atoms with Gasteiger partial charge < -0.3 is 16.0 Å². The molecule has 0 aliphatic heterocycles. The quantitative estimate of drug-likeness (QED) is 0.820. The third kappa shape index (κ3) is 4.04. The van der Waals surface area contributed by atoms with Gasteiger partial charge in [-0.25, -0.2) is 13.8 Å². The molecule has 0 bridgehead atoms. The third-order valence-corrected chi connectivity index (χ3v) is 2.38. The smallest absolute Gasteiger partial charge is 0.237 e. The molecule has 0 fully saturated rings. The molecule has 0 saturated carbocycles. The van der Waals surface area contributed by atoms with E-state index in [4.69, 9.17) is 5.73 Å². The van der Waals surface area contributed by atoms with Gasteiger partial charge in [0, 0.05) is 19.7 Å². The van der Waals surface area contributed by atoms with Gasteiger partial charge in [0.15, 0.2) is 23.3 Å². The molecule has 0 saturated heterocycles. The summed E-state index contributed by atoms with van der Waals surface area (Å²) in [7, 11) is 1.48. The van der Waals surface area contributed by atoms with Gasteiger partial charge in [0.2, 0.25) is 5.91 Å². The number of carbonyl (C=O) groups is 1. The topological polar surface area (TPSA) is 71.2 Å². The zero-order valence-electron chi connectivity index (χ0n) is 11.2. The van der Waals surface area contributed by atoms with E-state index in [0.29, 0.717) is 6.54 Å². The molecule has 0 aliphatic rings. The molecule has 3 N–H and O–H groups in total. The minimum absolute atomic E-state index is 0.0744. The second-order valence-electron chi connectivity index (χ2n) is 4.61. The summed E-state index contributed by atoms with van der Waals surface area (Å²) in [5, 5.41) is 2.53. The lowest BCUT2D eigenvalue weighted by Gasteiger charge is -2.25. The largest absolute Gasteiger partial charge is 0.371 e. The normalized spacial score (nSPS) is 10.6. The molecule has 19 heavy (non-hydrogen) atoms. The van der Waals surface area contributed by atoms with Crippen molar-refractivity contribution in [2.45, 2.75) is 13.8 Å². The van der Waals surface area contributed by atoms with Crippen LogP contribution >= 0.6 is 0 Å². The van der Waals surface area contributed by atoms with Crippen molar-refractivity contribution < 1.29 is 13.6 Å². The van der Waals surface area contributed by atoms with Gasteiger partial charge in [-0.3, -0.25) is 4.79 Å². The van der Waals surface area contributed by atoms with Crippen molar-refractivity contribution in [3.8, 4) is 0 Å². The van der Waals surface area contributed by atoms with E-state index < -0.39 is 17.5 Å². The number of amides is 1. The molecule has 1 heterocycles. The molecular formula is C12H18F2N4O. The van der Waals surface area contributed by atoms with E-state index in [1.807, 2.05) is 13.8 Å². The van der Waals surface area contributed by atoms with Crippen LogP contribution in [0.2, 0.25) is 0 Å². The first kappa shape index (κ1) is 15.1. The molecular weight excluding hydrogens is 254 g/mol. The first-order valence-corrected chi connectivity index (χ1v) is 5.92. The summed E-state index contributed by atoms with van der Waals surface area (Å²) in [5.74, 6) is -2.19. The fourth-order valence-electron chi connectivity index (χ4n) is 1.71. The van der Waals surface area contributed by atoms with Gasteiger partial charge >= 0.3 is 0 Å². The van der Waals surface area contributed by atoms with Crippen molar-refractivity contribution in [2.75, 3.05) is 30.4 Å². The summed E-state index contributed by atoms with van der Waals surface area (Å²) in [5.41, 5.74) is 5.14. The van der Waals surface area contributed by atoms with Crippen LogP contribution in [0.3, 0.4) is 0 Å². The Morgan fingerprint density at radius 2 is 2.11 bits per heavy atom. The number of pyridine rings is 1. The van der Waals surface area contributed by atoms with Crippen LogP contribution in [0.1, 0.15) is 13.8 Å². The first-order chi connectivity index (χ1) is 8.85. The van der Waals surface area contributed by atoms with E-state index in [0.717, 1.165) is 6.07 Å². The van der Waals surface area contributed by atoms with Crippen LogP contribution in [0.4, 0.5) is 20.4 Å². The maximum absolute atomic E-state index is 13.8. The predicted octanol–water partition coefficient (Wildman–Crippen LogP) is 1.35. The third-order valence-electron chi connectivity index (χ3n) is 2.38. The van der Waals surface area contributed by atoms with Crippen LogP contribution in [0.15, 0.2) is 6.07 Å². The average molecular weight is 272 g/mol. The maximum Gasteiger partial charge on any atom is 0.237 e. The Labute approximate surface area is 110 Å². The van der Waals surface area contributed by atoms with Gasteiger partial charge in [0.1, 0.15) is 0 Å². The Morgan fingerprint density at radius 1 is 1.47 bits per heavy atom. The lowest BCUT2D eigenvalue weighted by Crippen LogP contribution is -2.37. The zero-order chi connectivity index (χ0) is 14.6. The van der Waals surface area contributed by atoms with Crippen LogP contribution in [0, 0.1) is 17.6 Å². The van der Waals surface area contributed by atoms with Gasteiger partial charge in [-0.15, -0.1) is 0 Å². The van der Waals surface area contributed by atoms with Crippen molar-refractivity contribution in [1.29, 1.82) is 0 Å². The summed E-state index contributed by atoms with van der Waals surface area (Å²) < 4.78 is 27.1. The molecule has 0 spiro atoms. The number of hydrogen-bond donors (Lipinski definition) is 2. The first-order valence-electron chi connectivity index (χ1n) is 5.92. The monoisotopic (exact) mass is 272 g/mol. The number of hydrogen-bond acceptors (Lipinski definition) is 4. The fourth-order valence-corrected chi connectivity index (χ4v) is 1.71. The summed E-state index contributed by atoms with van der Waals surface area (Å²) in [6.45, 7) is 4.04. The van der Waals surface area contributed by atoms with E-state index in [9.17, 15) is 13.6 Å². The maximum atomic E-state index is 13.8. The summed E-state index contributed by atoms with van der Waals surface area (Å²) >= 11 is 0. The molecule has 5 nitrogen and oxygen atoms in total. The van der Waals surface area contributed by atoms with Gasteiger partial charge in [-0.2, -0.15) is 0 Å². The molecule has 106 valence electrons. The molecule has 1 aromatic rings. The second-order valence-corrected chi connectivity index (χ2v) is 4.61. The van der Waals surface area contributed by atoms with Crippen LogP contribution in [0.25, 0.3) is 0 Å². The Hall–Kier alpha value is -1.92. The number of aromatic nitrogens is 1. The van der Waals surface area contributed by atoms with Crippen molar-refractivity contribution >= 4 is 17.5 Å². The highest BCUT2D eigenvalue weighted by Crippen LogP contribution is 2.22. The SMILES string of the molecule is CNc1nc(N(CC(N)=O)CC(C)C)c(F)cc1F. The standard InChI is InChI=1S/C12H18F2N4O/c1-7(2)5-18(6-10(15)19)12-9(14)4-8(13)11(16-3)17-12/h4,7H,5-6H2,1-3H3,(H2,15,19)(H,16,17). The summed E-state index contributed by atoms with van der Waals surface area (Å²) in [4.78, 5) is 16.3. The molecule has 0 unspecified atom stereocenters. The van der Waals surface area contributed by atoms with Crippen molar-refractivity contribution in [3.05, 3.63) is 17.7 Å². The Bertz CT molecular complexity index is 465. The highest BCUT2D eigenvalue weighted by atomic mass is 19.1. The van der Waals surface area contributed by atoms with E-state index in [1.54, 1.807) is 0 Å². The molecule has 0 aromatic carbocycles. The Kier molecular flexibility index (Phi) is 5.02. The van der Waals surface area contributed by atoms with Crippen LogP contribution in [-0.2, 0) is 4.79 Å². The van der Waals surface area contributed by atoms with Gasteiger partial charge in [0.25, 0.3) is 0 Å². The molecule has 1 rings (SSSR count). The minimum Gasteiger partial charge on any atom is -0.371 e. The second kappa shape index (κ2) is 6.31. The number of nitrogens with one attached hydrogen (secondary N) is 1. The Balaban J connectivity index is 3.16. The average Bonchev–Trinajstić information content (AvgIpc) is 2.27. The fraction of sp³-hybridized carbons (Fsp3) is 0.500. The zero-order valence-corrected chi connectivity index (χ0v) is 11.2. The van der Waals surface area contributed by atoms with Gasteiger partial charge in [0.05, 0.1) is 6.54 Å². The van der Waals surface area contributed by atoms with Crippen molar-refractivity contribution in [3.63, 3.8) is 0 Å². The summed E-state index contributed by atoms with van der Waals surface area (Å²) in [6, 6.07) is 0.739. The van der Waals surface area contributed by atoms with Gasteiger partial charge in [-0.05, 0) is 5.92 Å². The molecule has 1 aromatic heterocycles. The minimum atomic E-state index is -0.821. The van der Waals surface area contributed by atoms with Crippen LogP contribution in [-0.4, -0.2) is 31.0 Å². The molecule has 1 amide bonds. The lowest BCUT2D eigenvalue weighted by atomic mass is 10.2. The van der Waals surface area contributed by atoms with Crippen LogP contribution in [0.5, 0.6) is 0 Å². The van der Waals surface area contributed by atoms with E-state index in [-0.39, 0.29) is 24.1 Å². The molecule has 0 aliphatic carbocycles. The number of primary amides is 1. The van der Waals surface area contributed by atoms with E-state index in [2.05, 4.69) is 10.3 Å². The number of nitrogens with two attached hydrogens (primary N) is 1. The lowest BCUT2D eigenvalue weighted by molar-refractivity contribution is -0.116. The highest BCUT2D eigenvalue weighted by Gasteiger charge is 2.19. The predicted molar refractivity (Wildman–Crippen MR) is 69.9 cm³/mol. The van der Waals surface area contributed by atoms with E-state index >= 15 is 0 Å². The molecule has 0 atom stereocenters. The van der Waals surface area contributed by atoms with Crippen molar-refractivity contribution in [2.24, 2.45) is 11.7 Å². The highest BCUT2D eigenvalue weighted by molar-refractivity contribution is 5.79. The number of nitrogens with zero attached hydrogens (tertiary/aromatic N) is 2. The van der Waals surface area contributed by atoms with Crippen molar-refractivity contribution in [1.82, 2.24) is 4.98 Å². The number of anilines is 2.